The lowest BCUT2D eigenvalue weighted by Gasteiger charge is -2.09. The molecule has 8 heteroatoms. The fourth-order valence-corrected chi connectivity index (χ4v) is 3.12. The number of rotatable bonds is 5. The fourth-order valence-electron chi connectivity index (χ4n) is 3.12. The van der Waals surface area contributed by atoms with Gasteiger partial charge in [0, 0.05) is 30.3 Å². The van der Waals surface area contributed by atoms with Gasteiger partial charge in [0.05, 0.1) is 37.9 Å². The van der Waals surface area contributed by atoms with Crippen LogP contribution in [0.3, 0.4) is 0 Å². The number of aromatic nitrogens is 3. The molecule has 1 atom stereocenters. The topological polar surface area (TPSA) is 87.5 Å². The summed E-state index contributed by atoms with van der Waals surface area (Å²) in [5.41, 5.74) is 1.19. The van der Waals surface area contributed by atoms with E-state index < -0.39 is 0 Å². The van der Waals surface area contributed by atoms with Crippen molar-refractivity contribution in [3.8, 4) is 11.6 Å². The Labute approximate surface area is 156 Å². The molecular formula is C19H20N4O4. The van der Waals surface area contributed by atoms with Crippen LogP contribution >= 0.6 is 0 Å². The van der Waals surface area contributed by atoms with Gasteiger partial charge in [-0.3, -0.25) is 9.48 Å². The number of fused-ring (bicyclic) bond motifs is 1. The Kier molecular flexibility index (Phi) is 4.64. The number of methoxy groups -OCH3 is 2. The van der Waals surface area contributed by atoms with Gasteiger partial charge in [-0.2, -0.15) is 10.1 Å². The monoisotopic (exact) mass is 368 g/mol. The number of amides is 1. The summed E-state index contributed by atoms with van der Waals surface area (Å²) in [5.74, 6) is 0.970. The number of carbonyl (C=O) groups excluding carboxylic acids is 1. The summed E-state index contributed by atoms with van der Waals surface area (Å²) in [6.07, 6.45) is 2.87. The van der Waals surface area contributed by atoms with Crippen LogP contribution in [0.15, 0.2) is 36.5 Å². The molecule has 3 aromatic rings. The minimum Gasteiger partial charge on any atom is -0.496 e. The minimum atomic E-state index is -0.313. The number of carbonyl (C=O) groups is 1. The number of hydrogen-bond donors (Lipinski definition) is 1. The van der Waals surface area contributed by atoms with Crippen LogP contribution in [0.2, 0.25) is 0 Å². The molecule has 1 unspecified atom stereocenters. The Hall–Kier alpha value is -3.13. The maximum absolute atomic E-state index is 12.8. The summed E-state index contributed by atoms with van der Waals surface area (Å²) in [6.45, 7) is 1.39. The minimum absolute atomic E-state index is 0.224. The van der Waals surface area contributed by atoms with Crippen LogP contribution in [-0.4, -0.2) is 48.1 Å². The highest BCUT2D eigenvalue weighted by Crippen LogP contribution is 2.28. The first-order valence-corrected chi connectivity index (χ1v) is 8.65. The van der Waals surface area contributed by atoms with Crippen LogP contribution in [0.4, 0.5) is 5.82 Å². The molecule has 1 amide bonds. The maximum Gasteiger partial charge on any atom is 0.260 e. The molecule has 1 fully saturated rings. The zero-order valence-electron chi connectivity index (χ0n) is 15.1. The lowest BCUT2D eigenvalue weighted by Crippen LogP contribution is -2.14. The number of hydrogen-bond acceptors (Lipinski definition) is 6. The Bertz CT molecular complexity index is 979. The summed E-state index contributed by atoms with van der Waals surface area (Å²) in [6, 6.07) is 8.95. The van der Waals surface area contributed by atoms with Crippen molar-refractivity contribution in [1.29, 1.82) is 0 Å². The largest absolute Gasteiger partial charge is 0.496 e. The molecule has 1 aliphatic rings. The molecule has 4 rings (SSSR count). The highest BCUT2D eigenvalue weighted by molar-refractivity contribution is 6.08. The van der Waals surface area contributed by atoms with Crippen LogP contribution < -0.4 is 14.8 Å². The molecule has 1 aromatic carbocycles. The first-order chi connectivity index (χ1) is 13.2. The molecule has 1 saturated heterocycles. The van der Waals surface area contributed by atoms with Gasteiger partial charge in [-0.15, -0.1) is 0 Å². The number of ether oxygens (including phenoxy) is 3. The van der Waals surface area contributed by atoms with Crippen molar-refractivity contribution in [2.24, 2.45) is 0 Å². The van der Waals surface area contributed by atoms with Crippen molar-refractivity contribution in [3.63, 3.8) is 0 Å². The Morgan fingerprint density at radius 2 is 2.19 bits per heavy atom. The molecule has 140 valence electrons. The van der Waals surface area contributed by atoms with Crippen molar-refractivity contribution in [1.82, 2.24) is 14.8 Å². The highest BCUT2D eigenvalue weighted by Gasteiger charge is 2.21. The van der Waals surface area contributed by atoms with E-state index in [-0.39, 0.29) is 11.9 Å². The summed E-state index contributed by atoms with van der Waals surface area (Å²) >= 11 is 0. The predicted molar refractivity (Wildman–Crippen MR) is 99.5 cm³/mol. The number of nitrogens with zero attached hydrogens (tertiary/aromatic N) is 3. The first kappa shape index (κ1) is 17.3. The lowest BCUT2D eigenvalue weighted by molar-refractivity contribution is 0.102. The average Bonchev–Trinajstić information content (AvgIpc) is 3.36. The van der Waals surface area contributed by atoms with Crippen LogP contribution in [0.5, 0.6) is 11.6 Å². The Morgan fingerprint density at radius 3 is 2.93 bits per heavy atom. The molecule has 8 nitrogen and oxygen atoms in total. The van der Waals surface area contributed by atoms with Crippen molar-refractivity contribution in [3.05, 3.63) is 42.1 Å². The molecular weight excluding hydrogens is 348 g/mol. The van der Waals surface area contributed by atoms with Gasteiger partial charge < -0.3 is 19.5 Å². The molecule has 3 heterocycles. The van der Waals surface area contributed by atoms with Gasteiger partial charge in [-0.05, 0) is 18.6 Å². The third-order valence-corrected chi connectivity index (χ3v) is 4.54. The van der Waals surface area contributed by atoms with Crippen LogP contribution in [0.25, 0.3) is 10.9 Å². The van der Waals surface area contributed by atoms with Gasteiger partial charge in [0.2, 0.25) is 5.88 Å². The van der Waals surface area contributed by atoms with Gasteiger partial charge in [-0.25, -0.2) is 0 Å². The van der Waals surface area contributed by atoms with Crippen LogP contribution in [-0.2, 0) is 4.74 Å². The smallest absolute Gasteiger partial charge is 0.260 e. The van der Waals surface area contributed by atoms with Gasteiger partial charge in [0.15, 0.2) is 0 Å². The third-order valence-electron chi connectivity index (χ3n) is 4.54. The molecule has 0 spiro atoms. The average molecular weight is 368 g/mol. The normalized spacial score (nSPS) is 16.4. The van der Waals surface area contributed by atoms with E-state index in [1.165, 1.54) is 14.2 Å². The lowest BCUT2D eigenvalue weighted by atomic mass is 10.1. The maximum atomic E-state index is 12.8. The summed E-state index contributed by atoms with van der Waals surface area (Å²) < 4.78 is 17.8. The van der Waals surface area contributed by atoms with E-state index in [9.17, 15) is 4.79 Å². The summed E-state index contributed by atoms with van der Waals surface area (Å²) in [7, 11) is 3.06. The quantitative estimate of drug-likeness (QED) is 0.745. The van der Waals surface area contributed by atoms with Crippen molar-refractivity contribution in [2.45, 2.75) is 12.5 Å². The third kappa shape index (κ3) is 3.43. The van der Waals surface area contributed by atoms with E-state index in [1.54, 1.807) is 30.3 Å². The second-order valence-corrected chi connectivity index (χ2v) is 6.26. The molecule has 0 aliphatic carbocycles. The molecule has 27 heavy (non-hydrogen) atoms. The van der Waals surface area contributed by atoms with E-state index in [1.807, 2.05) is 10.9 Å². The predicted octanol–water partition coefficient (Wildman–Crippen LogP) is 2.66. The summed E-state index contributed by atoms with van der Waals surface area (Å²) in [5, 5.41) is 8.25. The zero-order chi connectivity index (χ0) is 18.8. The second-order valence-electron chi connectivity index (χ2n) is 6.26. The van der Waals surface area contributed by atoms with E-state index in [0.717, 1.165) is 23.9 Å². The molecule has 1 N–H and O–H groups in total. The van der Waals surface area contributed by atoms with Gasteiger partial charge >= 0.3 is 0 Å². The number of pyridine rings is 1. The fraction of sp³-hybridized carbons (Fsp3) is 0.316. The van der Waals surface area contributed by atoms with Gasteiger partial charge in [-0.1, -0.05) is 6.07 Å². The number of benzene rings is 1. The standard InChI is InChI=1S/C19H20N4O4/c1-25-16-9-15-12(10-23(22-15)13-6-7-27-11-13)8-14(16)19(24)21-17-4-3-5-18(20-17)26-2/h3-5,8-10,13H,6-7,11H2,1-2H3,(H,20,21,24). The van der Waals surface area contributed by atoms with Crippen molar-refractivity contribution >= 4 is 22.6 Å². The van der Waals surface area contributed by atoms with E-state index in [0.29, 0.717) is 29.6 Å². The van der Waals surface area contributed by atoms with Gasteiger partial charge in [0.25, 0.3) is 5.91 Å². The van der Waals surface area contributed by atoms with Crippen molar-refractivity contribution in [2.75, 3.05) is 32.8 Å². The first-order valence-electron chi connectivity index (χ1n) is 8.65. The SMILES string of the molecule is COc1cccc(NC(=O)c2cc3cn(C4CCOC4)nc3cc2OC)n1. The van der Waals surface area contributed by atoms with Crippen molar-refractivity contribution < 1.29 is 19.0 Å². The highest BCUT2D eigenvalue weighted by atomic mass is 16.5. The molecule has 2 aromatic heterocycles. The van der Waals surface area contributed by atoms with E-state index >= 15 is 0 Å². The summed E-state index contributed by atoms with van der Waals surface area (Å²) in [4.78, 5) is 17.0. The molecule has 0 saturated carbocycles. The van der Waals surface area contributed by atoms with E-state index in [4.69, 9.17) is 14.2 Å². The molecule has 0 bridgehead atoms. The molecule has 0 radical (unpaired) electrons. The van der Waals surface area contributed by atoms with Gasteiger partial charge in [0.1, 0.15) is 11.6 Å². The Morgan fingerprint density at radius 1 is 1.30 bits per heavy atom. The Balaban J connectivity index is 1.65. The molecule has 1 aliphatic heterocycles. The zero-order valence-corrected chi connectivity index (χ0v) is 15.1. The van der Waals surface area contributed by atoms with Crippen LogP contribution in [0, 0.1) is 0 Å². The second kappa shape index (κ2) is 7.24. The van der Waals surface area contributed by atoms with E-state index in [2.05, 4.69) is 15.4 Å². The van der Waals surface area contributed by atoms with Crippen LogP contribution in [0.1, 0.15) is 22.8 Å². The number of nitrogens with one attached hydrogen (secondary N) is 1. The number of anilines is 1.